The van der Waals surface area contributed by atoms with Gasteiger partial charge in [-0.15, -0.1) is 0 Å². The predicted molar refractivity (Wildman–Crippen MR) is 103 cm³/mol. The number of benzene rings is 2. The normalized spacial score (nSPS) is 10.3. The number of ether oxygens (including phenoxy) is 3. The van der Waals surface area contributed by atoms with Crippen molar-refractivity contribution in [2.45, 2.75) is 6.92 Å². The van der Waals surface area contributed by atoms with Crippen molar-refractivity contribution in [1.82, 2.24) is 10.2 Å². The summed E-state index contributed by atoms with van der Waals surface area (Å²) < 4.78 is 16.0. The number of rotatable bonds is 7. The SMILES string of the molecule is CCOc1ccc(NC(=O)c2cc(-c3ccc(OC)cc3OC)n[nH]2)cc1. The van der Waals surface area contributed by atoms with Crippen LogP contribution in [-0.4, -0.2) is 36.9 Å². The number of aromatic nitrogens is 2. The summed E-state index contributed by atoms with van der Waals surface area (Å²) in [5, 5.41) is 9.81. The van der Waals surface area contributed by atoms with Gasteiger partial charge in [-0.2, -0.15) is 5.10 Å². The van der Waals surface area contributed by atoms with Gasteiger partial charge in [0.05, 0.1) is 26.5 Å². The third kappa shape index (κ3) is 4.20. The van der Waals surface area contributed by atoms with Gasteiger partial charge in [-0.05, 0) is 49.4 Å². The minimum absolute atomic E-state index is 0.287. The number of amides is 1. The van der Waals surface area contributed by atoms with Gasteiger partial charge < -0.3 is 19.5 Å². The molecule has 1 aromatic heterocycles. The van der Waals surface area contributed by atoms with Crippen LogP contribution >= 0.6 is 0 Å². The van der Waals surface area contributed by atoms with E-state index < -0.39 is 0 Å². The number of methoxy groups -OCH3 is 2. The molecule has 0 atom stereocenters. The largest absolute Gasteiger partial charge is 0.497 e. The van der Waals surface area contributed by atoms with E-state index in [1.165, 1.54) is 0 Å². The van der Waals surface area contributed by atoms with Crippen molar-refractivity contribution in [3.63, 3.8) is 0 Å². The highest BCUT2D eigenvalue weighted by molar-refractivity contribution is 6.03. The first-order valence-electron chi connectivity index (χ1n) is 8.46. The van der Waals surface area contributed by atoms with E-state index in [1.807, 2.05) is 19.1 Å². The Morgan fingerprint density at radius 2 is 1.78 bits per heavy atom. The maximum absolute atomic E-state index is 12.5. The number of aromatic amines is 1. The molecule has 0 saturated heterocycles. The molecule has 140 valence electrons. The third-order valence-corrected chi connectivity index (χ3v) is 3.93. The fourth-order valence-corrected chi connectivity index (χ4v) is 2.59. The van der Waals surface area contributed by atoms with Gasteiger partial charge in [0.15, 0.2) is 0 Å². The Morgan fingerprint density at radius 3 is 2.44 bits per heavy atom. The minimum atomic E-state index is -0.287. The second-order valence-corrected chi connectivity index (χ2v) is 5.64. The standard InChI is InChI=1S/C20H21N3O4/c1-4-27-14-7-5-13(6-8-14)21-20(24)18-12-17(22-23-18)16-10-9-15(25-2)11-19(16)26-3/h5-12H,4H2,1-3H3,(H,21,24)(H,22,23). The van der Waals surface area contributed by atoms with Crippen molar-refractivity contribution >= 4 is 11.6 Å². The number of hydrogen-bond donors (Lipinski definition) is 2. The molecule has 1 heterocycles. The van der Waals surface area contributed by atoms with Crippen LogP contribution in [0.15, 0.2) is 48.5 Å². The molecule has 0 bridgehead atoms. The first-order chi connectivity index (χ1) is 13.1. The average Bonchev–Trinajstić information content (AvgIpc) is 3.19. The van der Waals surface area contributed by atoms with Crippen LogP contribution in [0.4, 0.5) is 5.69 Å². The molecule has 2 N–H and O–H groups in total. The fourth-order valence-electron chi connectivity index (χ4n) is 2.59. The first-order valence-corrected chi connectivity index (χ1v) is 8.46. The molecular formula is C20H21N3O4. The van der Waals surface area contributed by atoms with Crippen LogP contribution in [0.25, 0.3) is 11.3 Å². The second-order valence-electron chi connectivity index (χ2n) is 5.64. The van der Waals surface area contributed by atoms with Gasteiger partial charge in [-0.25, -0.2) is 0 Å². The van der Waals surface area contributed by atoms with Crippen molar-refractivity contribution < 1.29 is 19.0 Å². The highest BCUT2D eigenvalue weighted by Crippen LogP contribution is 2.32. The summed E-state index contributed by atoms with van der Waals surface area (Å²) in [5.74, 6) is 1.76. The molecule has 3 rings (SSSR count). The van der Waals surface area contributed by atoms with Gasteiger partial charge in [0.2, 0.25) is 0 Å². The maximum atomic E-state index is 12.5. The van der Waals surface area contributed by atoms with Crippen molar-refractivity contribution in [2.24, 2.45) is 0 Å². The summed E-state index contributed by atoms with van der Waals surface area (Å²) in [7, 11) is 3.16. The molecule has 0 saturated carbocycles. The van der Waals surface area contributed by atoms with Gasteiger partial charge in [0.25, 0.3) is 5.91 Å². The van der Waals surface area contributed by atoms with E-state index >= 15 is 0 Å². The molecule has 0 unspecified atom stereocenters. The summed E-state index contributed by atoms with van der Waals surface area (Å²) in [6, 6.07) is 14.3. The molecule has 3 aromatic rings. The molecule has 2 aromatic carbocycles. The van der Waals surface area contributed by atoms with Crippen LogP contribution < -0.4 is 19.5 Å². The number of hydrogen-bond acceptors (Lipinski definition) is 5. The molecule has 0 aliphatic heterocycles. The zero-order valence-electron chi connectivity index (χ0n) is 15.4. The van der Waals surface area contributed by atoms with E-state index in [-0.39, 0.29) is 5.91 Å². The summed E-state index contributed by atoms with van der Waals surface area (Å²) in [6.07, 6.45) is 0. The predicted octanol–water partition coefficient (Wildman–Crippen LogP) is 3.74. The molecule has 0 spiro atoms. The lowest BCUT2D eigenvalue weighted by molar-refractivity contribution is 0.102. The molecule has 0 radical (unpaired) electrons. The lowest BCUT2D eigenvalue weighted by atomic mass is 10.1. The zero-order chi connectivity index (χ0) is 19.2. The Morgan fingerprint density at radius 1 is 1.04 bits per heavy atom. The number of nitrogens with zero attached hydrogens (tertiary/aromatic N) is 1. The van der Waals surface area contributed by atoms with Gasteiger partial charge in [-0.3, -0.25) is 9.89 Å². The van der Waals surface area contributed by atoms with Crippen LogP contribution in [-0.2, 0) is 0 Å². The topological polar surface area (TPSA) is 85.5 Å². The van der Waals surface area contributed by atoms with Crippen LogP contribution in [0.3, 0.4) is 0 Å². The molecule has 7 nitrogen and oxygen atoms in total. The van der Waals surface area contributed by atoms with Gasteiger partial charge in [-0.1, -0.05) is 0 Å². The zero-order valence-corrected chi connectivity index (χ0v) is 15.4. The molecule has 0 fully saturated rings. The summed E-state index contributed by atoms with van der Waals surface area (Å²) in [5.41, 5.74) is 2.37. The fraction of sp³-hybridized carbons (Fsp3) is 0.200. The number of carbonyl (C=O) groups is 1. The lowest BCUT2D eigenvalue weighted by Gasteiger charge is -2.08. The average molecular weight is 367 g/mol. The number of nitrogens with one attached hydrogen (secondary N) is 2. The quantitative estimate of drug-likeness (QED) is 0.664. The molecule has 0 aliphatic carbocycles. The first kappa shape index (κ1) is 18.3. The van der Waals surface area contributed by atoms with Gasteiger partial charge >= 0.3 is 0 Å². The molecule has 1 amide bonds. The van der Waals surface area contributed by atoms with Crippen LogP contribution in [0.5, 0.6) is 17.2 Å². The highest BCUT2D eigenvalue weighted by Gasteiger charge is 2.15. The molecular weight excluding hydrogens is 346 g/mol. The Balaban J connectivity index is 1.76. The number of H-pyrrole nitrogens is 1. The third-order valence-electron chi connectivity index (χ3n) is 3.93. The van der Waals surface area contributed by atoms with E-state index in [0.29, 0.717) is 35.2 Å². The molecule has 27 heavy (non-hydrogen) atoms. The summed E-state index contributed by atoms with van der Waals surface area (Å²) in [4.78, 5) is 12.5. The second kappa shape index (κ2) is 8.27. The number of anilines is 1. The Labute approximate surface area is 157 Å². The van der Waals surface area contributed by atoms with Gasteiger partial charge in [0, 0.05) is 17.3 Å². The maximum Gasteiger partial charge on any atom is 0.273 e. The smallest absolute Gasteiger partial charge is 0.273 e. The van der Waals surface area contributed by atoms with Crippen molar-refractivity contribution in [3.8, 4) is 28.5 Å². The monoisotopic (exact) mass is 367 g/mol. The van der Waals surface area contributed by atoms with E-state index in [1.54, 1.807) is 50.6 Å². The van der Waals surface area contributed by atoms with Crippen molar-refractivity contribution in [3.05, 3.63) is 54.2 Å². The van der Waals surface area contributed by atoms with Crippen LogP contribution in [0.1, 0.15) is 17.4 Å². The van der Waals surface area contributed by atoms with E-state index in [4.69, 9.17) is 14.2 Å². The molecule has 0 aliphatic rings. The van der Waals surface area contributed by atoms with Crippen LogP contribution in [0.2, 0.25) is 0 Å². The van der Waals surface area contributed by atoms with E-state index in [9.17, 15) is 4.79 Å². The summed E-state index contributed by atoms with van der Waals surface area (Å²) in [6.45, 7) is 2.51. The molecule has 7 heteroatoms. The Kier molecular flexibility index (Phi) is 5.61. The van der Waals surface area contributed by atoms with Crippen molar-refractivity contribution in [2.75, 3.05) is 26.1 Å². The van der Waals surface area contributed by atoms with E-state index in [0.717, 1.165) is 11.3 Å². The van der Waals surface area contributed by atoms with Crippen molar-refractivity contribution in [1.29, 1.82) is 0 Å². The van der Waals surface area contributed by atoms with E-state index in [2.05, 4.69) is 15.5 Å². The Bertz CT molecular complexity index is 919. The minimum Gasteiger partial charge on any atom is -0.497 e. The van der Waals surface area contributed by atoms with Crippen LogP contribution in [0, 0.1) is 0 Å². The van der Waals surface area contributed by atoms with Gasteiger partial charge in [0.1, 0.15) is 22.9 Å². The lowest BCUT2D eigenvalue weighted by Crippen LogP contribution is -2.12. The number of carbonyl (C=O) groups excluding carboxylic acids is 1. The highest BCUT2D eigenvalue weighted by atomic mass is 16.5. The Hall–Kier alpha value is -3.48. The summed E-state index contributed by atoms with van der Waals surface area (Å²) >= 11 is 0.